The number of benzene rings is 2. The lowest BCUT2D eigenvalue weighted by molar-refractivity contribution is -0.124. The molecule has 0 aromatic heterocycles. The third-order valence-electron chi connectivity index (χ3n) is 3.58. The monoisotopic (exact) mass is 331 g/mol. The van der Waals surface area contributed by atoms with Gasteiger partial charge in [0.1, 0.15) is 5.75 Å². The van der Waals surface area contributed by atoms with Gasteiger partial charge in [0.2, 0.25) is 0 Å². The molecule has 0 N–H and O–H groups in total. The molecule has 1 heterocycles. The Morgan fingerprint density at radius 1 is 1.22 bits per heavy atom. The van der Waals surface area contributed by atoms with Gasteiger partial charge >= 0.3 is 5.97 Å². The van der Waals surface area contributed by atoms with E-state index in [1.165, 1.54) is 7.11 Å². The molecule has 0 saturated heterocycles. The highest BCUT2D eigenvalue weighted by Crippen LogP contribution is 2.40. The standard InChI is InChI=1S/C17H14ClNO4/c1-10-16(20)19(14-8-5-12(18)9-15(14)23-10)13-6-3-11(4-7-13)17(21)22-2/h3-10H,1-2H3. The predicted octanol–water partition coefficient (Wildman–Crippen LogP) is 3.57. The van der Waals surface area contributed by atoms with Gasteiger partial charge in [0.25, 0.3) is 5.91 Å². The fourth-order valence-electron chi connectivity index (χ4n) is 2.44. The molecule has 1 aliphatic heterocycles. The van der Waals surface area contributed by atoms with E-state index >= 15 is 0 Å². The number of carbonyl (C=O) groups excluding carboxylic acids is 2. The lowest BCUT2D eigenvalue weighted by Gasteiger charge is -2.33. The van der Waals surface area contributed by atoms with Crippen LogP contribution in [-0.2, 0) is 9.53 Å². The molecule has 23 heavy (non-hydrogen) atoms. The second-order valence-corrected chi connectivity index (χ2v) is 5.52. The highest BCUT2D eigenvalue weighted by molar-refractivity contribution is 6.31. The van der Waals surface area contributed by atoms with Gasteiger partial charge in [-0.05, 0) is 43.3 Å². The highest BCUT2D eigenvalue weighted by Gasteiger charge is 2.32. The van der Waals surface area contributed by atoms with Crippen LogP contribution in [0.15, 0.2) is 42.5 Å². The van der Waals surface area contributed by atoms with E-state index in [9.17, 15) is 9.59 Å². The summed E-state index contributed by atoms with van der Waals surface area (Å²) in [5.41, 5.74) is 1.67. The molecule has 2 aromatic rings. The van der Waals surface area contributed by atoms with E-state index in [1.807, 2.05) is 0 Å². The minimum Gasteiger partial charge on any atom is -0.479 e. The van der Waals surface area contributed by atoms with Crippen LogP contribution in [0.1, 0.15) is 17.3 Å². The lowest BCUT2D eigenvalue weighted by Crippen LogP contribution is -2.41. The van der Waals surface area contributed by atoms with E-state index in [0.29, 0.717) is 27.7 Å². The van der Waals surface area contributed by atoms with Crippen molar-refractivity contribution in [1.29, 1.82) is 0 Å². The van der Waals surface area contributed by atoms with Crippen LogP contribution in [0.4, 0.5) is 11.4 Å². The molecule has 0 spiro atoms. The third kappa shape index (κ3) is 2.75. The maximum atomic E-state index is 12.5. The second kappa shape index (κ2) is 5.93. The number of amides is 1. The third-order valence-corrected chi connectivity index (χ3v) is 3.82. The van der Waals surface area contributed by atoms with Gasteiger partial charge in [-0.25, -0.2) is 4.79 Å². The fraction of sp³-hybridized carbons (Fsp3) is 0.176. The summed E-state index contributed by atoms with van der Waals surface area (Å²) in [7, 11) is 1.32. The van der Waals surface area contributed by atoms with E-state index in [-0.39, 0.29) is 5.91 Å². The molecule has 5 nitrogen and oxygen atoms in total. The lowest BCUT2D eigenvalue weighted by atomic mass is 10.1. The molecule has 118 valence electrons. The largest absolute Gasteiger partial charge is 0.479 e. The van der Waals surface area contributed by atoms with Gasteiger partial charge in [0, 0.05) is 16.8 Å². The molecule has 0 bridgehead atoms. The van der Waals surface area contributed by atoms with E-state index in [1.54, 1.807) is 54.3 Å². The number of anilines is 2. The minimum absolute atomic E-state index is 0.189. The molecule has 1 unspecified atom stereocenters. The zero-order chi connectivity index (χ0) is 16.6. The Balaban J connectivity index is 2.04. The van der Waals surface area contributed by atoms with Gasteiger partial charge in [-0.3, -0.25) is 9.69 Å². The summed E-state index contributed by atoms with van der Waals surface area (Å²) < 4.78 is 10.3. The summed E-state index contributed by atoms with van der Waals surface area (Å²) in [5.74, 6) is -0.0716. The van der Waals surface area contributed by atoms with Crippen molar-refractivity contribution in [2.45, 2.75) is 13.0 Å². The van der Waals surface area contributed by atoms with Crippen LogP contribution in [0.5, 0.6) is 5.75 Å². The zero-order valence-electron chi connectivity index (χ0n) is 12.6. The molecule has 6 heteroatoms. The number of hydrogen-bond acceptors (Lipinski definition) is 4. The zero-order valence-corrected chi connectivity index (χ0v) is 13.3. The number of carbonyl (C=O) groups is 2. The Morgan fingerprint density at radius 2 is 1.91 bits per heavy atom. The molecule has 2 aromatic carbocycles. The Hall–Kier alpha value is -2.53. The van der Waals surface area contributed by atoms with Crippen LogP contribution in [-0.4, -0.2) is 25.1 Å². The van der Waals surface area contributed by atoms with Crippen LogP contribution >= 0.6 is 11.6 Å². The van der Waals surface area contributed by atoms with E-state index in [0.717, 1.165) is 0 Å². The van der Waals surface area contributed by atoms with Crippen molar-refractivity contribution in [3.63, 3.8) is 0 Å². The van der Waals surface area contributed by atoms with Crippen LogP contribution < -0.4 is 9.64 Å². The van der Waals surface area contributed by atoms with E-state index in [2.05, 4.69) is 4.74 Å². The Bertz CT molecular complexity index is 773. The van der Waals surface area contributed by atoms with Crippen molar-refractivity contribution < 1.29 is 19.1 Å². The summed E-state index contributed by atoms with van der Waals surface area (Å²) in [4.78, 5) is 25.6. The molecular formula is C17H14ClNO4. The topological polar surface area (TPSA) is 55.8 Å². The van der Waals surface area contributed by atoms with Gasteiger partial charge in [-0.2, -0.15) is 0 Å². The number of hydrogen-bond donors (Lipinski definition) is 0. The molecule has 1 amide bonds. The van der Waals surface area contributed by atoms with Crippen molar-refractivity contribution in [3.05, 3.63) is 53.1 Å². The molecule has 0 saturated carbocycles. The van der Waals surface area contributed by atoms with Gasteiger partial charge in [0.05, 0.1) is 18.4 Å². The first kappa shape index (κ1) is 15.4. The molecule has 3 rings (SSSR count). The van der Waals surface area contributed by atoms with Crippen LogP contribution in [0.25, 0.3) is 0 Å². The first-order valence-electron chi connectivity index (χ1n) is 7.00. The Kier molecular flexibility index (Phi) is 3.96. The molecule has 1 atom stereocenters. The number of ether oxygens (including phenoxy) is 2. The number of rotatable bonds is 2. The Labute approximate surface area is 138 Å². The molecule has 0 aliphatic carbocycles. The minimum atomic E-state index is -0.624. The van der Waals surface area contributed by atoms with E-state index < -0.39 is 12.1 Å². The quantitative estimate of drug-likeness (QED) is 0.789. The average Bonchev–Trinajstić information content (AvgIpc) is 2.56. The summed E-state index contributed by atoms with van der Waals surface area (Å²) in [6, 6.07) is 11.7. The maximum Gasteiger partial charge on any atom is 0.337 e. The van der Waals surface area contributed by atoms with Crippen molar-refractivity contribution >= 4 is 34.9 Å². The van der Waals surface area contributed by atoms with Crippen molar-refractivity contribution in [3.8, 4) is 5.75 Å². The summed E-state index contributed by atoms with van der Waals surface area (Å²) in [5, 5.41) is 0.534. The first-order chi connectivity index (χ1) is 11.0. The van der Waals surface area contributed by atoms with Gasteiger partial charge < -0.3 is 9.47 Å². The highest BCUT2D eigenvalue weighted by atomic mass is 35.5. The smallest absolute Gasteiger partial charge is 0.337 e. The average molecular weight is 332 g/mol. The van der Waals surface area contributed by atoms with Crippen molar-refractivity contribution in [2.24, 2.45) is 0 Å². The van der Waals surface area contributed by atoms with Crippen LogP contribution in [0.3, 0.4) is 0 Å². The van der Waals surface area contributed by atoms with Crippen molar-refractivity contribution in [2.75, 3.05) is 12.0 Å². The van der Waals surface area contributed by atoms with Crippen LogP contribution in [0.2, 0.25) is 5.02 Å². The molecule has 0 radical (unpaired) electrons. The van der Waals surface area contributed by atoms with Gasteiger partial charge in [-0.15, -0.1) is 0 Å². The number of halogens is 1. The fourth-order valence-corrected chi connectivity index (χ4v) is 2.60. The first-order valence-corrected chi connectivity index (χ1v) is 7.37. The number of esters is 1. The van der Waals surface area contributed by atoms with E-state index in [4.69, 9.17) is 16.3 Å². The summed E-state index contributed by atoms with van der Waals surface area (Å²) in [6.07, 6.45) is -0.624. The molecule has 1 aliphatic rings. The van der Waals surface area contributed by atoms with Crippen LogP contribution in [0, 0.1) is 0 Å². The summed E-state index contributed by atoms with van der Waals surface area (Å²) >= 11 is 5.99. The number of nitrogens with zero attached hydrogens (tertiary/aromatic N) is 1. The Morgan fingerprint density at radius 3 is 2.57 bits per heavy atom. The number of fused-ring (bicyclic) bond motifs is 1. The SMILES string of the molecule is COC(=O)c1ccc(N2C(=O)C(C)Oc3cc(Cl)ccc32)cc1. The van der Waals surface area contributed by atoms with Gasteiger partial charge in [-0.1, -0.05) is 11.6 Å². The molecule has 0 fully saturated rings. The summed E-state index contributed by atoms with van der Waals surface area (Å²) in [6.45, 7) is 1.68. The molecular weight excluding hydrogens is 318 g/mol. The number of methoxy groups -OCH3 is 1. The van der Waals surface area contributed by atoms with Gasteiger partial charge in [0.15, 0.2) is 6.10 Å². The maximum absolute atomic E-state index is 12.5. The normalized spacial score (nSPS) is 16.6. The van der Waals surface area contributed by atoms with Crippen molar-refractivity contribution in [1.82, 2.24) is 0 Å². The second-order valence-electron chi connectivity index (χ2n) is 5.08. The predicted molar refractivity (Wildman–Crippen MR) is 86.5 cm³/mol.